The van der Waals surface area contributed by atoms with Gasteiger partial charge in [0.1, 0.15) is 0 Å². The van der Waals surface area contributed by atoms with Crippen molar-refractivity contribution in [2.75, 3.05) is 0 Å². The molecule has 0 aliphatic rings. The van der Waals surface area contributed by atoms with Crippen LogP contribution in [0.4, 0.5) is 0 Å². The van der Waals surface area contributed by atoms with Gasteiger partial charge in [-0.25, -0.2) is 4.68 Å². The SMILES string of the molecule is Cc1nn(-c2cccc(Cl)c2C)c(C)c1CC(=O)O. The number of hydrogen-bond acceptors (Lipinski definition) is 2. The number of nitrogens with zero attached hydrogens (tertiary/aromatic N) is 2. The summed E-state index contributed by atoms with van der Waals surface area (Å²) in [7, 11) is 0. The van der Waals surface area contributed by atoms with Crippen LogP contribution in [0.3, 0.4) is 0 Å². The van der Waals surface area contributed by atoms with Crippen molar-refractivity contribution in [1.29, 1.82) is 0 Å². The molecule has 0 amide bonds. The van der Waals surface area contributed by atoms with Gasteiger partial charge < -0.3 is 5.11 Å². The van der Waals surface area contributed by atoms with Gasteiger partial charge in [0.2, 0.25) is 0 Å². The first kappa shape index (κ1) is 13.6. The zero-order valence-electron chi connectivity index (χ0n) is 11.1. The van der Waals surface area contributed by atoms with Crippen LogP contribution in [0.2, 0.25) is 5.02 Å². The Hall–Kier alpha value is -1.81. The Bertz CT molecular complexity index is 647. The molecule has 0 atom stereocenters. The molecule has 0 spiro atoms. The molecule has 0 saturated carbocycles. The standard InChI is InChI=1S/C14H15ClN2O2/c1-8-12(15)5-4-6-13(8)17-10(3)11(7-14(18)19)9(2)16-17/h4-6H,7H2,1-3H3,(H,18,19). The highest BCUT2D eigenvalue weighted by Gasteiger charge is 2.16. The van der Waals surface area contributed by atoms with Gasteiger partial charge in [0.05, 0.1) is 17.8 Å². The van der Waals surface area contributed by atoms with E-state index in [0.717, 1.165) is 28.2 Å². The zero-order valence-corrected chi connectivity index (χ0v) is 11.8. The van der Waals surface area contributed by atoms with Crippen molar-refractivity contribution in [3.05, 3.63) is 45.7 Å². The van der Waals surface area contributed by atoms with E-state index in [2.05, 4.69) is 5.10 Å². The number of aromatic nitrogens is 2. The molecule has 0 unspecified atom stereocenters. The first-order valence-corrected chi connectivity index (χ1v) is 6.32. The zero-order chi connectivity index (χ0) is 14.2. The molecule has 1 N–H and O–H groups in total. The summed E-state index contributed by atoms with van der Waals surface area (Å²) in [5, 5.41) is 14.0. The monoisotopic (exact) mass is 278 g/mol. The Morgan fingerprint density at radius 2 is 2.05 bits per heavy atom. The van der Waals surface area contributed by atoms with E-state index in [4.69, 9.17) is 16.7 Å². The maximum Gasteiger partial charge on any atom is 0.307 e. The number of carbonyl (C=O) groups is 1. The van der Waals surface area contributed by atoms with Gasteiger partial charge in [-0.05, 0) is 38.5 Å². The summed E-state index contributed by atoms with van der Waals surface area (Å²) in [5.74, 6) is -0.853. The number of rotatable bonds is 3. The van der Waals surface area contributed by atoms with Gasteiger partial charge in [-0.3, -0.25) is 4.79 Å². The molecule has 0 fully saturated rings. The van der Waals surface area contributed by atoms with Gasteiger partial charge in [-0.15, -0.1) is 0 Å². The minimum absolute atomic E-state index is 0.0166. The Balaban J connectivity index is 2.58. The van der Waals surface area contributed by atoms with E-state index in [1.54, 1.807) is 4.68 Å². The number of carboxylic acid groups (broad SMARTS) is 1. The van der Waals surface area contributed by atoms with E-state index in [-0.39, 0.29) is 6.42 Å². The highest BCUT2D eigenvalue weighted by atomic mass is 35.5. The predicted octanol–water partition coefficient (Wildman–Crippen LogP) is 3.08. The molecule has 0 aliphatic carbocycles. The van der Waals surface area contributed by atoms with Crippen LogP contribution in [-0.4, -0.2) is 20.9 Å². The van der Waals surface area contributed by atoms with Crippen molar-refractivity contribution < 1.29 is 9.90 Å². The molecule has 1 aromatic carbocycles. The second-order valence-corrected chi connectivity index (χ2v) is 4.92. The van der Waals surface area contributed by atoms with E-state index in [1.807, 2.05) is 39.0 Å². The quantitative estimate of drug-likeness (QED) is 0.939. The second kappa shape index (κ2) is 5.05. The van der Waals surface area contributed by atoms with Crippen molar-refractivity contribution in [3.8, 4) is 5.69 Å². The normalized spacial score (nSPS) is 10.7. The number of carboxylic acids is 1. The van der Waals surface area contributed by atoms with Gasteiger partial charge in [0.15, 0.2) is 0 Å². The smallest absolute Gasteiger partial charge is 0.307 e. The summed E-state index contributed by atoms with van der Waals surface area (Å²) in [4.78, 5) is 10.9. The van der Waals surface area contributed by atoms with Gasteiger partial charge in [-0.2, -0.15) is 5.10 Å². The highest BCUT2D eigenvalue weighted by molar-refractivity contribution is 6.31. The third-order valence-electron chi connectivity index (χ3n) is 3.24. The van der Waals surface area contributed by atoms with Crippen molar-refractivity contribution in [2.24, 2.45) is 0 Å². The van der Waals surface area contributed by atoms with Gasteiger partial charge in [-0.1, -0.05) is 17.7 Å². The molecule has 4 nitrogen and oxygen atoms in total. The summed E-state index contributed by atoms with van der Waals surface area (Å²) in [6.45, 7) is 5.62. The molecule has 1 heterocycles. The third-order valence-corrected chi connectivity index (χ3v) is 3.65. The molecule has 0 radical (unpaired) electrons. The van der Waals surface area contributed by atoms with E-state index in [1.165, 1.54) is 0 Å². The highest BCUT2D eigenvalue weighted by Crippen LogP contribution is 2.25. The Morgan fingerprint density at radius 1 is 1.37 bits per heavy atom. The van der Waals surface area contributed by atoms with Crippen LogP contribution >= 0.6 is 11.6 Å². The summed E-state index contributed by atoms with van der Waals surface area (Å²) in [6, 6.07) is 5.60. The van der Waals surface area contributed by atoms with Crippen LogP contribution in [0, 0.1) is 20.8 Å². The van der Waals surface area contributed by atoms with E-state index in [0.29, 0.717) is 5.02 Å². The van der Waals surface area contributed by atoms with Gasteiger partial charge in [0.25, 0.3) is 0 Å². The number of hydrogen-bond donors (Lipinski definition) is 1. The van der Waals surface area contributed by atoms with E-state index in [9.17, 15) is 4.79 Å². The maximum atomic E-state index is 10.9. The number of halogens is 1. The molecule has 0 bridgehead atoms. The molecule has 5 heteroatoms. The molecule has 1 aromatic heterocycles. The lowest BCUT2D eigenvalue weighted by Crippen LogP contribution is -2.04. The third kappa shape index (κ3) is 2.49. The summed E-state index contributed by atoms with van der Waals surface area (Å²) in [6.07, 6.45) is -0.0166. The van der Waals surface area contributed by atoms with Crippen LogP contribution in [0.5, 0.6) is 0 Å². The molecule has 100 valence electrons. The lowest BCUT2D eigenvalue weighted by molar-refractivity contribution is -0.136. The molecule has 2 rings (SSSR count). The van der Waals surface area contributed by atoms with Crippen LogP contribution in [0.15, 0.2) is 18.2 Å². The Morgan fingerprint density at radius 3 is 2.68 bits per heavy atom. The van der Waals surface area contributed by atoms with Crippen molar-refractivity contribution >= 4 is 17.6 Å². The molecule has 2 aromatic rings. The predicted molar refractivity (Wildman–Crippen MR) is 74.1 cm³/mol. The van der Waals surface area contributed by atoms with Crippen LogP contribution in [0.1, 0.15) is 22.5 Å². The lowest BCUT2D eigenvalue weighted by atomic mass is 10.1. The molecule has 0 saturated heterocycles. The largest absolute Gasteiger partial charge is 0.481 e. The minimum Gasteiger partial charge on any atom is -0.481 e. The Kier molecular flexibility index (Phi) is 3.62. The fourth-order valence-corrected chi connectivity index (χ4v) is 2.31. The average molecular weight is 279 g/mol. The van der Waals surface area contributed by atoms with Crippen molar-refractivity contribution in [1.82, 2.24) is 9.78 Å². The molecular weight excluding hydrogens is 264 g/mol. The first-order chi connectivity index (χ1) is 8.91. The molecule has 0 aliphatic heterocycles. The second-order valence-electron chi connectivity index (χ2n) is 4.52. The molecule has 19 heavy (non-hydrogen) atoms. The number of aliphatic carboxylic acids is 1. The summed E-state index contributed by atoms with van der Waals surface area (Å²) >= 11 is 6.11. The van der Waals surface area contributed by atoms with Gasteiger partial charge >= 0.3 is 5.97 Å². The molecular formula is C14H15ClN2O2. The average Bonchev–Trinajstić information content (AvgIpc) is 2.60. The van der Waals surface area contributed by atoms with Crippen molar-refractivity contribution in [2.45, 2.75) is 27.2 Å². The first-order valence-electron chi connectivity index (χ1n) is 5.94. The fourth-order valence-electron chi connectivity index (χ4n) is 2.14. The summed E-state index contributed by atoms with van der Waals surface area (Å²) < 4.78 is 1.76. The van der Waals surface area contributed by atoms with Gasteiger partial charge in [0, 0.05) is 16.3 Å². The van der Waals surface area contributed by atoms with Crippen LogP contribution in [-0.2, 0) is 11.2 Å². The van der Waals surface area contributed by atoms with Crippen LogP contribution in [0.25, 0.3) is 5.69 Å². The van der Waals surface area contributed by atoms with Crippen molar-refractivity contribution in [3.63, 3.8) is 0 Å². The minimum atomic E-state index is -0.853. The lowest BCUT2D eigenvalue weighted by Gasteiger charge is -2.09. The topological polar surface area (TPSA) is 55.1 Å². The van der Waals surface area contributed by atoms with E-state index >= 15 is 0 Å². The number of aryl methyl sites for hydroxylation is 1. The number of benzene rings is 1. The Labute approximate surface area is 116 Å². The maximum absolute atomic E-state index is 10.9. The van der Waals surface area contributed by atoms with E-state index < -0.39 is 5.97 Å². The van der Waals surface area contributed by atoms with Crippen LogP contribution < -0.4 is 0 Å². The fraction of sp³-hybridized carbons (Fsp3) is 0.286. The summed E-state index contributed by atoms with van der Waals surface area (Å²) in [5.41, 5.74) is 4.14.